The van der Waals surface area contributed by atoms with E-state index >= 15 is 0 Å². The van der Waals surface area contributed by atoms with Crippen LogP contribution < -0.4 is 10.0 Å². The molecule has 1 saturated heterocycles. The highest BCUT2D eigenvalue weighted by molar-refractivity contribution is 7.89. The van der Waals surface area contributed by atoms with Crippen molar-refractivity contribution in [1.82, 2.24) is 20.2 Å². The number of aromatic nitrogens is 2. The molecule has 2 heterocycles. The van der Waals surface area contributed by atoms with Gasteiger partial charge in [-0.2, -0.15) is 10.2 Å². The number of hydrogen-bond donors (Lipinski definition) is 2. The monoisotopic (exact) mass is 284 g/mol. The highest BCUT2D eigenvalue weighted by Crippen LogP contribution is 2.10. The van der Waals surface area contributed by atoms with Gasteiger partial charge in [0.05, 0.1) is 18.0 Å². The van der Waals surface area contributed by atoms with Crippen LogP contribution in [0.1, 0.15) is 31.4 Å². The highest BCUT2D eigenvalue weighted by atomic mass is 32.2. The number of nitrogens with zero attached hydrogens (tertiary/aromatic N) is 2. The number of rotatable bonds is 6. The average Bonchev–Trinajstić information content (AvgIpc) is 2.46. The standard InChI is InChI=1S/C12H20N4O2S/c17-19(18,9-6-11-4-1-2-7-13-11)15-10-12-5-3-8-14-16-12/h3,5,8,11,13,15H,1-2,4,6-7,9-10H2. The van der Waals surface area contributed by atoms with E-state index in [-0.39, 0.29) is 12.3 Å². The Morgan fingerprint density at radius 1 is 1.42 bits per heavy atom. The van der Waals surface area contributed by atoms with Crippen molar-refractivity contribution < 1.29 is 8.42 Å². The number of nitrogens with one attached hydrogen (secondary N) is 2. The van der Waals surface area contributed by atoms with E-state index in [0.29, 0.717) is 18.2 Å². The van der Waals surface area contributed by atoms with Gasteiger partial charge >= 0.3 is 0 Å². The van der Waals surface area contributed by atoms with Gasteiger partial charge in [-0.15, -0.1) is 0 Å². The van der Waals surface area contributed by atoms with Crippen LogP contribution in [0, 0.1) is 0 Å². The Morgan fingerprint density at radius 3 is 3.00 bits per heavy atom. The fourth-order valence-electron chi connectivity index (χ4n) is 2.15. The first-order valence-corrected chi connectivity index (χ1v) is 8.28. The van der Waals surface area contributed by atoms with E-state index in [1.165, 1.54) is 12.8 Å². The first-order chi connectivity index (χ1) is 9.16. The van der Waals surface area contributed by atoms with E-state index in [4.69, 9.17) is 0 Å². The molecule has 1 fully saturated rings. The summed E-state index contributed by atoms with van der Waals surface area (Å²) < 4.78 is 26.3. The molecular formula is C12H20N4O2S. The summed E-state index contributed by atoms with van der Waals surface area (Å²) in [5.41, 5.74) is 0.627. The van der Waals surface area contributed by atoms with Crippen LogP contribution in [0.3, 0.4) is 0 Å². The van der Waals surface area contributed by atoms with Crippen molar-refractivity contribution in [3.05, 3.63) is 24.0 Å². The van der Waals surface area contributed by atoms with Crippen LogP contribution in [0.2, 0.25) is 0 Å². The highest BCUT2D eigenvalue weighted by Gasteiger charge is 2.17. The second-order valence-electron chi connectivity index (χ2n) is 4.79. The Balaban J connectivity index is 1.75. The first-order valence-electron chi connectivity index (χ1n) is 6.63. The van der Waals surface area contributed by atoms with Crippen LogP contribution in [-0.4, -0.2) is 37.0 Å². The molecule has 1 aromatic rings. The van der Waals surface area contributed by atoms with Crippen molar-refractivity contribution >= 4 is 10.0 Å². The van der Waals surface area contributed by atoms with Crippen LogP contribution in [0.5, 0.6) is 0 Å². The minimum absolute atomic E-state index is 0.158. The second kappa shape index (κ2) is 6.93. The lowest BCUT2D eigenvalue weighted by Crippen LogP contribution is -2.37. The summed E-state index contributed by atoms with van der Waals surface area (Å²) in [6, 6.07) is 3.82. The zero-order valence-electron chi connectivity index (χ0n) is 10.9. The van der Waals surface area contributed by atoms with Gasteiger partial charge in [0, 0.05) is 12.2 Å². The van der Waals surface area contributed by atoms with Crippen molar-refractivity contribution in [3.63, 3.8) is 0 Å². The molecule has 0 radical (unpaired) electrons. The Kier molecular flexibility index (Phi) is 5.24. The quantitative estimate of drug-likeness (QED) is 0.791. The summed E-state index contributed by atoms with van der Waals surface area (Å²) >= 11 is 0. The van der Waals surface area contributed by atoms with Gasteiger partial charge in [0.1, 0.15) is 0 Å². The molecule has 0 saturated carbocycles. The zero-order chi connectivity index (χ0) is 13.6. The predicted molar refractivity (Wildman–Crippen MR) is 72.9 cm³/mol. The maximum Gasteiger partial charge on any atom is 0.212 e. The maximum atomic E-state index is 11.9. The molecule has 6 nitrogen and oxygen atoms in total. The lowest BCUT2D eigenvalue weighted by Gasteiger charge is -2.23. The molecule has 1 aromatic heterocycles. The Morgan fingerprint density at radius 2 is 2.32 bits per heavy atom. The van der Waals surface area contributed by atoms with Crippen LogP contribution in [-0.2, 0) is 16.6 Å². The fourth-order valence-corrected chi connectivity index (χ4v) is 3.26. The molecule has 0 amide bonds. The van der Waals surface area contributed by atoms with E-state index in [1.807, 2.05) is 0 Å². The van der Waals surface area contributed by atoms with Gasteiger partial charge in [-0.3, -0.25) is 0 Å². The topological polar surface area (TPSA) is 84.0 Å². The van der Waals surface area contributed by atoms with Crippen LogP contribution >= 0.6 is 0 Å². The third kappa shape index (κ3) is 5.22. The minimum atomic E-state index is -3.24. The van der Waals surface area contributed by atoms with Crippen molar-refractivity contribution in [3.8, 4) is 0 Å². The summed E-state index contributed by atoms with van der Waals surface area (Å²) in [6.07, 6.45) is 5.67. The van der Waals surface area contributed by atoms with Crippen molar-refractivity contribution in [2.45, 2.75) is 38.3 Å². The number of piperidine rings is 1. The smallest absolute Gasteiger partial charge is 0.212 e. The summed E-state index contributed by atoms with van der Waals surface area (Å²) in [5.74, 6) is 0.158. The third-order valence-electron chi connectivity index (χ3n) is 3.25. The number of sulfonamides is 1. The van der Waals surface area contributed by atoms with Gasteiger partial charge in [-0.05, 0) is 37.9 Å². The summed E-state index contributed by atoms with van der Waals surface area (Å²) in [6.45, 7) is 1.20. The van der Waals surface area contributed by atoms with E-state index < -0.39 is 10.0 Å². The van der Waals surface area contributed by atoms with E-state index in [0.717, 1.165) is 13.0 Å². The molecular weight excluding hydrogens is 264 g/mol. The molecule has 1 unspecified atom stereocenters. The molecule has 0 aromatic carbocycles. The van der Waals surface area contributed by atoms with E-state index in [2.05, 4.69) is 20.2 Å². The molecule has 2 N–H and O–H groups in total. The molecule has 0 bridgehead atoms. The van der Waals surface area contributed by atoms with Gasteiger partial charge in [0.15, 0.2) is 0 Å². The lowest BCUT2D eigenvalue weighted by molar-refractivity contribution is 0.392. The van der Waals surface area contributed by atoms with Gasteiger partial charge in [0.2, 0.25) is 10.0 Å². The SMILES string of the molecule is O=S(=O)(CCC1CCCCN1)NCc1cccnn1. The molecule has 19 heavy (non-hydrogen) atoms. The number of hydrogen-bond acceptors (Lipinski definition) is 5. The lowest BCUT2D eigenvalue weighted by atomic mass is 10.0. The largest absolute Gasteiger partial charge is 0.314 e. The molecule has 1 atom stereocenters. The average molecular weight is 284 g/mol. The van der Waals surface area contributed by atoms with Crippen LogP contribution in [0.15, 0.2) is 18.3 Å². The molecule has 1 aliphatic heterocycles. The normalized spacial score (nSPS) is 20.3. The van der Waals surface area contributed by atoms with Gasteiger partial charge in [-0.25, -0.2) is 13.1 Å². The van der Waals surface area contributed by atoms with Crippen molar-refractivity contribution in [1.29, 1.82) is 0 Å². The molecule has 1 aliphatic rings. The molecule has 0 spiro atoms. The van der Waals surface area contributed by atoms with E-state index in [9.17, 15) is 8.42 Å². The predicted octanol–water partition coefficient (Wildman–Crippen LogP) is 0.428. The van der Waals surface area contributed by atoms with Crippen molar-refractivity contribution in [2.24, 2.45) is 0 Å². The Bertz CT molecular complexity index is 472. The van der Waals surface area contributed by atoms with Crippen LogP contribution in [0.25, 0.3) is 0 Å². The molecule has 2 rings (SSSR count). The summed E-state index contributed by atoms with van der Waals surface area (Å²) in [7, 11) is -3.24. The van der Waals surface area contributed by atoms with Gasteiger partial charge < -0.3 is 5.32 Å². The summed E-state index contributed by atoms with van der Waals surface area (Å²) in [5, 5.41) is 10.9. The second-order valence-corrected chi connectivity index (χ2v) is 6.72. The zero-order valence-corrected chi connectivity index (χ0v) is 11.7. The minimum Gasteiger partial charge on any atom is -0.314 e. The summed E-state index contributed by atoms with van der Waals surface area (Å²) in [4.78, 5) is 0. The Hall–Kier alpha value is -1.05. The molecule has 0 aliphatic carbocycles. The fraction of sp³-hybridized carbons (Fsp3) is 0.667. The Labute approximate surface area is 114 Å². The molecule has 106 valence electrons. The molecule has 7 heteroatoms. The first kappa shape index (κ1) is 14.4. The van der Waals surface area contributed by atoms with Crippen LogP contribution in [0.4, 0.5) is 0 Å². The third-order valence-corrected chi connectivity index (χ3v) is 4.61. The maximum absolute atomic E-state index is 11.9. The van der Waals surface area contributed by atoms with Gasteiger partial charge in [-0.1, -0.05) is 6.42 Å². The van der Waals surface area contributed by atoms with Crippen molar-refractivity contribution in [2.75, 3.05) is 12.3 Å². The van der Waals surface area contributed by atoms with Gasteiger partial charge in [0.25, 0.3) is 0 Å². The van der Waals surface area contributed by atoms with E-state index in [1.54, 1.807) is 18.3 Å².